The molecule has 7 heteroatoms. The van der Waals surface area contributed by atoms with Gasteiger partial charge in [0.25, 0.3) is 0 Å². The van der Waals surface area contributed by atoms with E-state index >= 15 is 0 Å². The van der Waals surface area contributed by atoms with Gasteiger partial charge in [-0.15, -0.1) is 5.10 Å². The van der Waals surface area contributed by atoms with Crippen LogP contribution in [-0.4, -0.2) is 26.0 Å². The summed E-state index contributed by atoms with van der Waals surface area (Å²) in [4.78, 5) is 11.1. The van der Waals surface area contributed by atoms with E-state index < -0.39 is 5.97 Å². The van der Waals surface area contributed by atoms with Gasteiger partial charge in [0.15, 0.2) is 5.65 Å². The Kier molecular flexibility index (Phi) is 3.84. The summed E-state index contributed by atoms with van der Waals surface area (Å²) in [5.41, 5.74) is 2.13. The molecule has 0 saturated carbocycles. The molecule has 0 radical (unpaired) electrons. The Labute approximate surface area is 130 Å². The Balaban J connectivity index is 0.00000133. The Bertz CT molecular complexity index is 769. The molecular formula is C12H9N4NaO2. The number of nitrogens with zero attached hydrogens (tertiary/aromatic N) is 4. The van der Waals surface area contributed by atoms with Crippen molar-refractivity contribution in [1.82, 2.24) is 20.0 Å². The van der Waals surface area contributed by atoms with Crippen molar-refractivity contribution < 1.29 is 39.5 Å². The van der Waals surface area contributed by atoms with Crippen LogP contribution in [0.4, 0.5) is 0 Å². The Morgan fingerprint density at radius 3 is 2.84 bits per heavy atom. The molecule has 0 saturated heterocycles. The maximum Gasteiger partial charge on any atom is 1.00 e. The SMILES string of the molecule is CCc1ccc2cc(C(=O)[O-])c3nnnn3c2c1.[Na+]. The third kappa shape index (κ3) is 2.22. The molecule has 3 rings (SSSR count). The number of carbonyl (C=O) groups is 1. The van der Waals surface area contributed by atoms with Gasteiger partial charge in [-0.1, -0.05) is 19.1 Å². The summed E-state index contributed by atoms with van der Waals surface area (Å²) in [5, 5.41) is 22.9. The fourth-order valence-corrected chi connectivity index (χ4v) is 2.00. The minimum atomic E-state index is -1.28. The largest absolute Gasteiger partial charge is 1.00 e. The number of benzene rings is 1. The topological polar surface area (TPSA) is 83.2 Å². The number of tetrazole rings is 1. The molecule has 0 unspecified atom stereocenters. The number of fused-ring (bicyclic) bond motifs is 3. The van der Waals surface area contributed by atoms with E-state index in [0.717, 1.165) is 22.9 Å². The van der Waals surface area contributed by atoms with Crippen LogP contribution in [-0.2, 0) is 6.42 Å². The first-order chi connectivity index (χ1) is 8.70. The zero-order valence-corrected chi connectivity index (χ0v) is 12.6. The van der Waals surface area contributed by atoms with Gasteiger partial charge in [-0.25, -0.2) is 0 Å². The molecular weight excluding hydrogens is 255 g/mol. The summed E-state index contributed by atoms with van der Waals surface area (Å²) in [5.74, 6) is -1.28. The maximum atomic E-state index is 11.1. The third-order valence-corrected chi connectivity index (χ3v) is 2.96. The van der Waals surface area contributed by atoms with Crippen LogP contribution in [0.15, 0.2) is 24.3 Å². The van der Waals surface area contributed by atoms with Gasteiger partial charge in [0.05, 0.1) is 11.5 Å². The summed E-state index contributed by atoms with van der Waals surface area (Å²) in [6, 6.07) is 7.31. The molecule has 0 aliphatic carbocycles. The number of aromatic nitrogens is 4. The van der Waals surface area contributed by atoms with Gasteiger partial charge >= 0.3 is 29.6 Å². The van der Waals surface area contributed by atoms with Gasteiger partial charge in [-0.3, -0.25) is 0 Å². The minimum absolute atomic E-state index is 0. The van der Waals surface area contributed by atoms with Crippen LogP contribution < -0.4 is 34.7 Å². The van der Waals surface area contributed by atoms with Crippen LogP contribution in [0.1, 0.15) is 22.8 Å². The van der Waals surface area contributed by atoms with Gasteiger partial charge in [0, 0.05) is 10.9 Å². The molecule has 3 aromatic rings. The number of carboxylic acids is 1. The smallest absolute Gasteiger partial charge is 0.545 e. The van der Waals surface area contributed by atoms with Crippen LogP contribution in [0.5, 0.6) is 0 Å². The van der Waals surface area contributed by atoms with Gasteiger partial charge in [0.2, 0.25) is 0 Å². The van der Waals surface area contributed by atoms with Crippen molar-refractivity contribution in [2.75, 3.05) is 0 Å². The second-order valence-corrected chi connectivity index (χ2v) is 4.01. The molecule has 0 amide bonds. The predicted molar refractivity (Wildman–Crippen MR) is 62.0 cm³/mol. The van der Waals surface area contributed by atoms with Gasteiger partial charge in [-0.05, 0) is 34.5 Å². The van der Waals surface area contributed by atoms with Crippen LogP contribution in [0.2, 0.25) is 0 Å². The van der Waals surface area contributed by atoms with Crippen molar-refractivity contribution in [3.8, 4) is 0 Å². The third-order valence-electron chi connectivity index (χ3n) is 2.96. The van der Waals surface area contributed by atoms with E-state index in [1.165, 1.54) is 10.6 Å². The number of hydrogen-bond donors (Lipinski definition) is 0. The molecule has 0 atom stereocenters. The minimum Gasteiger partial charge on any atom is -0.545 e. The molecule has 0 bridgehead atoms. The van der Waals surface area contributed by atoms with Crippen molar-refractivity contribution in [2.45, 2.75) is 13.3 Å². The molecule has 6 nitrogen and oxygen atoms in total. The van der Waals surface area contributed by atoms with E-state index in [-0.39, 0.29) is 40.8 Å². The van der Waals surface area contributed by atoms with Crippen molar-refractivity contribution in [2.24, 2.45) is 0 Å². The van der Waals surface area contributed by atoms with E-state index in [1.807, 2.05) is 25.1 Å². The number of pyridine rings is 1. The monoisotopic (exact) mass is 264 g/mol. The quantitative estimate of drug-likeness (QED) is 0.467. The van der Waals surface area contributed by atoms with Crippen LogP contribution >= 0.6 is 0 Å². The van der Waals surface area contributed by atoms with Crippen molar-refractivity contribution >= 4 is 22.5 Å². The van der Waals surface area contributed by atoms with Crippen molar-refractivity contribution in [1.29, 1.82) is 0 Å². The fraction of sp³-hybridized carbons (Fsp3) is 0.167. The average Bonchev–Trinajstić information content (AvgIpc) is 2.86. The molecule has 1 aromatic carbocycles. The second-order valence-electron chi connectivity index (χ2n) is 4.01. The number of carbonyl (C=O) groups excluding carboxylic acids is 1. The second kappa shape index (κ2) is 5.24. The molecule has 2 aromatic heterocycles. The molecule has 90 valence electrons. The van der Waals surface area contributed by atoms with Crippen LogP contribution in [0, 0.1) is 0 Å². The Hall–Kier alpha value is -1.50. The molecule has 0 aliphatic heterocycles. The molecule has 2 heterocycles. The number of hydrogen-bond acceptors (Lipinski definition) is 5. The zero-order valence-electron chi connectivity index (χ0n) is 10.6. The predicted octanol–water partition coefficient (Wildman–Crippen LogP) is -2.79. The first-order valence-electron chi connectivity index (χ1n) is 5.56. The zero-order chi connectivity index (χ0) is 12.7. The number of rotatable bonds is 2. The van der Waals surface area contributed by atoms with Crippen molar-refractivity contribution in [3.05, 3.63) is 35.4 Å². The summed E-state index contributed by atoms with van der Waals surface area (Å²) >= 11 is 0. The van der Waals surface area contributed by atoms with E-state index in [0.29, 0.717) is 0 Å². The molecule has 0 spiro atoms. The van der Waals surface area contributed by atoms with E-state index in [2.05, 4.69) is 15.5 Å². The standard InChI is InChI=1S/C12H10N4O2.Na/c1-2-7-3-4-8-6-9(12(17)18)11-13-14-15-16(11)10(8)5-7;/h3-6H,2H2,1H3,(H,17,18);/q;+1/p-1. The summed E-state index contributed by atoms with van der Waals surface area (Å²) in [7, 11) is 0. The van der Waals surface area contributed by atoms with E-state index in [9.17, 15) is 9.90 Å². The number of carboxylic acid groups (broad SMARTS) is 1. The first kappa shape index (κ1) is 13.9. The molecule has 0 N–H and O–H groups in total. The van der Waals surface area contributed by atoms with Gasteiger partial charge in [0.1, 0.15) is 0 Å². The summed E-state index contributed by atoms with van der Waals surface area (Å²) in [6.45, 7) is 2.05. The Morgan fingerprint density at radius 1 is 1.37 bits per heavy atom. The van der Waals surface area contributed by atoms with Crippen LogP contribution in [0.25, 0.3) is 16.6 Å². The number of aromatic carboxylic acids is 1. The summed E-state index contributed by atoms with van der Waals surface area (Å²) in [6.07, 6.45) is 0.891. The number of aryl methyl sites for hydroxylation is 1. The fourth-order valence-electron chi connectivity index (χ4n) is 2.00. The Morgan fingerprint density at radius 2 is 2.16 bits per heavy atom. The molecule has 0 fully saturated rings. The normalized spacial score (nSPS) is 10.6. The van der Waals surface area contributed by atoms with Gasteiger partial charge < -0.3 is 9.90 Å². The van der Waals surface area contributed by atoms with Gasteiger partial charge in [-0.2, -0.15) is 4.52 Å². The molecule has 0 aliphatic rings. The van der Waals surface area contributed by atoms with E-state index in [4.69, 9.17) is 0 Å². The maximum absolute atomic E-state index is 11.1. The van der Waals surface area contributed by atoms with E-state index in [1.54, 1.807) is 0 Å². The average molecular weight is 264 g/mol. The molecule has 19 heavy (non-hydrogen) atoms. The summed E-state index contributed by atoms with van der Waals surface area (Å²) < 4.78 is 1.43. The first-order valence-corrected chi connectivity index (χ1v) is 5.56. The van der Waals surface area contributed by atoms with Crippen LogP contribution in [0.3, 0.4) is 0 Å². The van der Waals surface area contributed by atoms with Crippen molar-refractivity contribution in [3.63, 3.8) is 0 Å².